The van der Waals surface area contributed by atoms with Gasteiger partial charge in [0.15, 0.2) is 0 Å². The van der Waals surface area contributed by atoms with E-state index in [0.29, 0.717) is 11.5 Å². The van der Waals surface area contributed by atoms with Gasteiger partial charge in [-0.15, -0.1) is 0 Å². The Morgan fingerprint density at radius 2 is 1.81 bits per heavy atom. The van der Waals surface area contributed by atoms with Gasteiger partial charge in [-0.25, -0.2) is 8.42 Å². The van der Waals surface area contributed by atoms with E-state index in [1.165, 1.54) is 43.5 Å². The van der Waals surface area contributed by atoms with E-state index in [4.69, 9.17) is 11.6 Å². The van der Waals surface area contributed by atoms with Crippen molar-refractivity contribution in [3.8, 4) is 0 Å². The first-order valence-electron chi connectivity index (χ1n) is 9.10. The van der Waals surface area contributed by atoms with Crippen LogP contribution in [0, 0.1) is 11.8 Å². The molecule has 2 aliphatic carbocycles. The molecule has 7 heteroatoms. The first-order valence-corrected chi connectivity index (χ1v) is 11.0. The van der Waals surface area contributed by atoms with E-state index in [0.717, 1.165) is 12.3 Å². The average molecular weight is 405 g/mol. The lowest BCUT2D eigenvalue weighted by molar-refractivity contribution is 0.0923. The second-order valence-corrected chi connectivity index (χ2v) is 9.46. The molecule has 0 aromatic heterocycles. The molecule has 2 aliphatic rings. The molecular weight excluding hydrogens is 384 g/mol. The van der Waals surface area contributed by atoms with Gasteiger partial charge in [-0.2, -0.15) is 0 Å². The number of anilines is 1. The molecule has 0 saturated heterocycles. The van der Waals surface area contributed by atoms with Crippen molar-refractivity contribution in [2.45, 2.75) is 36.6 Å². The van der Waals surface area contributed by atoms with Crippen molar-refractivity contribution in [2.24, 2.45) is 11.8 Å². The highest BCUT2D eigenvalue weighted by Crippen LogP contribution is 2.44. The summed E-state index contributed by atoms with van der Waals surface area (Å²) in [6.45, 7) is 0. The molecule has 2 aromatic rings. The monoisotopic (exact) mass is 404 g/mol. The fourth-order valence-electron chi connectivity index (χ4n) is 4.22. The lowest BCUT2D eigenvalue weighted by atomic mass is 9.95. The van der Waals surface area contributed by atoms with Crippen LogP contribution in [0.3, 0.4) is 0 Å². The predicted molar refractivity (Wildman–Crippen MR) is 105 cm³/mol. The summed E-state index contributed by atoms with van der Waals surface area (Å²) in [6, 6.07) is 12.9. The normalized spacial score (nSPS) is 24.0. The Balaban J connectivity index is 1.47. The van der Waals surface area contributed by atoms with Crippen LogP contribution in [0.15, 0.2) is 53.4 Å². The maximum absolute atomic E-state index is 12.5. The molecule has 2 bridgehead atoms. The molecule has 5 nitrogen and oxygen atoms in total. The zero-order valence-electron chi connectivity index (χ0n) is 14.7. The highest BCUT2D eigenvalue weighted by Gasteiger charge is 2.40. The van der Waals surface area contributed by atoms with Gasteiger partial charge in [0, 0.05) is 11.6 Å². The van der Waals surface area contributed by atoms with Crippen LogP contribution in [-0.2, 0) is 10.0 Å². The van der Waals surface area contributed by atoms with Crippen molar-refractivity contribution in [2.75, 3.05) is 4.72 Å². The molecule has 2 saturated carbocycles. The summed E-state index contributed by atoms with van der Waals surface area (Å²) in [5, 5.41) is 3.30. The van der Waals surface area contributed by atoms with Gasteiger partial charge in [-0.05, 0) is 61.4 Å². The van der Waals surface area contributed by atoms with Gasteiger partial charge in [-0.3, -0.25) is 9.52 Å². The number of carbonyl (C=O) groups is 1. The second kappa shape index (κ2) is 7.17. The zero-order chi connectivity index (χ0) is 19.0. The van der Waals surface area contributed by atoms with Gasteiger partial charge < -0.3 is 5.32 Å². The van der Waals surface area contributed by atoms with Crippen LogP contribution >= 0.6 is 11.6 Å². The molecule has 4 rings (SSSR count). The fraction of sp³-hybridized carbons (Fsp3) is 0.350. The van der Waals surface area contributed by atoms with E-state index in [1.54, 1.807) is 24.3 Å². The number of hydrogen-bond donors (Lipinski definition) is 2. The van der Waals surface area contributed by atoms with Crippen LogP contribution in [0.25, 0.3) is 0 Å². The van der Waals surface area contributed by atoms with Crippen LogP contribution in [0.5, 0.6) is 0 Å². The van der Waals surface area contributed by atoms with Crippen LogP contribution in [-0.4, -0.2) is 20.4 Å². The highest BCUT2D eigenvalue weighted by atomic mass is 35.5. The second-order valence-electron chi connectivity index (χ2n) is 7.37. The minimum absolute atomic E-state index is 0.152. The number of nitrogens with one attached hydrogen (secondary N) is 2. The van der Waals surface area contributed by atoms with Gasteiger partial charge in [0.25, 0.3) is 15.9 Å². The lowest BCUT2D eigenvalue weighted by Crippen LogP contribution is -2.38. The van der Waals surface area contributed by atoms with E-state index < -0.39 is 10.0 Å². The average Bonchev–Trinajstić information content (AvgIpc) is 3.27. The standard InChI is InChI=1S/C20H21ClN2O3S/c21-17-12-15(20(24)22-19-11-13-6-7-14(19)10-13)8-9-18(17)23-27(25,26)16-4-2-1-3-5-16/h1-5,8-9,12-14,19,23H,6-7,10-11H2,(H,22,24)/t13-,14-,19+/m1/s1. The minimum atomic E-state index is -3.73. The van der Waals surface area contributed by atoms with Crippen LogP contribution in [0.1, 0.15) is 36.0 Å². The van der Waals surface area contributed by atoms with Crippen LogP contribution in [0.4, 0.5) is 5.69 Å². The fourth-order valence-corrected chi connectivity index (χ4v) is 5.60. The highest BCUT2D eigenvalue weighted by molar-refractivity contribution is 7.92. The van der Waals surface area contributed by atoms with Gasteiger partial charge >= 0.3 is 0 Å². The van der Waals surface area contributed by atoms with E-state index >= 15 is 0 Å². The van der Waals surface area contributed by atoms with Crippen molar-refractivity contribution in [1.82, 2.24) is 5.32 Å². The van der Waals surface area contributed by atoms with Crippen LogP contribution in [0.2, 0.25) is 5.02 Å². The molecule has 0 unspecified atom stereocenters. The molecule has 27 heavy (non-hydrogen) atoms. The summed E-state index contributed by atoms with van der Waals surface area (Å²) in [5.74, 6) is 1.18. The Morgan fingerprint density at radius 1 is 1.04 bits per heavy atom. The molecule has 0 radical (unpaired) electrons. The maximum Gasteiger partial charge on any atom is 0.261 e. The topological polar surface area (TPSA) is 75.3 Å². The molecule has 2 N–H and O–H groups in total. The Morgan fingerprint density at radius 3 is 2.44 bits per heavy atom. The third-order valence-corrected chi connectivity index (χ3v) is 7.28. The summed E-state index contributed by atoms with van der Waals surface area (Å²) in [5.41, 5.74) is 0.683. The molecule has 2 aromatic carbocycles. The third-order valence-electron chi connectivity index (χ3n) is 5.58. The summed E-state index contributed by atoms with van der Waals surface area (Å²) in [6.07, 6.45) is 4.74. The Kier molecular flexibility index (Phi) is 4.86. The minimum Gasteiger partial charge on any atom is -0.349 e. The largest absolute Gasteiger partial charge is 0.349 e. The molecule has 0 heterocycles. The molecule has 2 fully saturated rings. The SMILES string of the molecule is O=C(N[C@H]1C[C@@H]2CC[C@@H]1C2)c1ccc(NS(=O)(=O)c2ccccc2)c(Cl)c1. The van der Waals surface area contributed by atoms with Crippen LogP contribution < -0.4 is 10.0 Å². The number of amides is 1. The number of benzene rings is 2. The van der Waals surface area contributed by atoms with Crippen molar-refractivity contribution in [3.05, 3.63) is 59.1 Å². The number of hydrogen-bond acceptors (Lipinski definition) is 3. The number of sulfonamides is 1. The summed E-state index contributed by atoms with van der Waals surface area (Å²) < 4.78 is 27.3. The van der Waals surface area contributed by atoms with Crippen molar-refractivity contribution in [3.63, 3.8) is 0 Å². The van der Waals surface area contributed by atoms with Crippen molar-refractivity contribution in [1.29, 1.82) is 0 Å². The number of carbonyl (C=O) groups excluding carboxylic acids is 1. The molecule has 0 aliphatic heterocycles. The smallest absolute Gasteiger partial charge is 0.261 e. The Labute approximate surface area is 164 Å². The molecule has 3 atom stereocenters. The predicted octanol–water partition coefficient (Wildman–Crippen LogP) is 4.06. The summed E-state index contributed by atoms with van der Waals surface area (Å²) >= 11 is 6.24. The third kappa shape index (κ3) is 3.82. The van der Waals surface area contributed by atoms with E-state index in [1.807, 2.05) is 0 Å². The maximum atomic E-state index is 12.5. The van der Waals surface area contributed by atoms with Gasteiger partial charge in [-0.1, -0.05) is 36.2 Å². The van der Waals surface area contributed by atoms with Gasteiger partial charge in [0.1, 0.15) is 0 Å². The number of rotatable bonds is 5. The van der Waals surface area contributed by atoms with E-state index in [2.05, 4.69) is 10.0 Å². The first-order chi connectivity index (χ1) is 12.9. The molecule has 1 amide bonds. The molecular formula is C20H21ClN2O3S. The van der Waals surface area contributed by atoms with Gasteiger partial charge in [0.2, 0.25) is 0 Å². The van der Waals surface area contributed by atoms with E-state index in [-0.39, 0.29) is 27.6 Å². The number of fused-ring (bicyclic) bond motifs is 2. The first kappa shape index (κ1) is 18.3. The zero-order valence-corrected chi connectivity index (χ0v) is 16.3. The Bertz CT molecular complexity index is 962. The summed E-state index contributed by atoms with van der Waals surface area (Å²) in [7, 11) is -3.73. The van der Waals surface area contributed by atoms with Crippen molar-refractivity contribution >= 4 is 33.2 Å². The lowest BCUT2D eigenvalue weighted by Gasteiger charge is -2.23. The Hall–Kier alpha value is -2.05. The molecule has 0 spiro atoms. The number of halogens is 1. The quantitative estimate of drug-likeness (QED) is 0.789. The van der Waals surface area contributed by atoms with E-state index in [9.17, 15) is 13.2 Å². The molecule has 142 valence electrons. The summed E-state index contributed by atoms with van der Waals surface area (Å²) in [4.78, 5) is 12.7. The van der Waals surface area contributed by atoms with Gasteiger partial charge in [0.05, 0.1) is 15.6 Å². The van der Waals surface area contributed by atoms with Crippen molar-refractivity contribution < 1.29 is 13.2 Å².